The Morgan fingerprint density at radius 2 is 2.03 bits per heavy atom. The van der Waals surface area contributed by atoms with E-state index in [1.807, 2.05) is 24.3 Å². The molecule has 2 aliphatic rings. The number of hydrazine groups is 1. The van der Waals surface area contributed by atoms with Gasteiger partial charge in [-0.05, 0) is 29.2 Å². The Morgan fingerprint density at radius 3 is 2.74 bits per heavy atom. The van der Waals surface area contributed by atoms with E-state index in [4.69, 9.17) is 10.6 Å². The lowest BCUT2D eigenvalue weighted by Crippen LogP contribution is -2.56. The van der Waals surface area contributed by atoms with Gasteiger partial charge in [0.2, 0.25) is 5.70 Å². The Bertz CT molecular complexity index is 1130. The maximum absolute atomic E-state index is 12.7. The van der Waals surface area contributed by atoms with Gasteiger partial charge in [0, 0.05) is 13.0 Å². The largest absolute Gasteiger partial charge is 0.492 e. The zero-order valence-corrected chi connectivity index (χ0v) is 19.3. The number of nitrogens with one attached hydrogen (secondary N) is 2. The highest BCUT2D eigenvalue weighted by molar-refractivity contribution is 6.04. The quantitative estimate of drug-likeness (QED) is 0.231. The predicted molar refractivity (Wildman–Crippen MR) is 129 cm³/mol. The molecule has 9 heteroatoms. The molecule has 4 rings (SSSR count). The molecule has 2 amide bonds. The van der Waals surface area contributed by atoms with E-state index < -0.39 is 0 Å². The van der Waals surface area contributed by atoms with E-state index in [0.29, 0.717) is 37.6 Å². The number of hydrogen-bond donors (Lipinski definition) is 4. The summed E-state index contributed by atoms with van der Waals surface area (Å²) in [6.07, 6.45) is 3.24. The zero-order chi connectivity index (χ0) is 24.1. The van der Waals surface area contributed by atoms with Crippen LogP contribution in [-0.4, -0.2) is 48.8 Å². The fourth-order valence-electron chi connectivity index (χ4n) is 3.87. The van der Waals surface area contributed by atoms with Gasteiger partial charge in [-0.1, -0.05) is 43.3 Å². The molecule has 0 saturated carbocycles. The third-order valence-electron chi connectivity index (χ3n) is 5.90. The van der Waals surface area contributed by atoms with E-state index in [1.54, 1.807) is 6.07 Å². The van der Waals surface area contributed by atoms with Crippen molar-refractivity contribution in [2.75, 3.05) is 26.2 Å². The number of fused-ring (bicyclic) bond motifs is 1. The second kappa shape index (κ2) is 10.5. The van der Waals surface area contributed by atoms with Crippen LogP contribution < -0.4 is 26.9 Å². The first-order valence-corrected chi connectivity index (χ1v) is 11.5. The summed E-state index contributed by atoms with van der Waals surface area (Å²) in [6, 6.07) is 13.4. The standard InChI is InChI=1S/C25H30N6O3/c1-2-16-6-8-17(9-7-16)22(21-14-29-21)30-25(33)20(26)15-31(27)12-11-28-24(32)19-5-3-4-18-10-13-34-23(18)19/h3-9,15,22H,2,10-14,26-27H2,1H3,(H,28,32)(H,30,33)/p+1/b20-15-. The molecule has 7 N–H and O–H groups in total. The molecule has 178 valence electrons. The van der Waals surface area contributed by atoms with Crippen molar-refractivity contribution in [2.45, 2.75) is 25.8 Å². The summed E-state index contributed by atoms with van der Waals surface area (Å²) >= 11 is 0. The van der Waals surface area contributed by atoms with E-state index in [1.165, 1.54) is 16.8 Å². The fraction of sp³-hybridized carbons (Fsp3) is 0.320. The normalized spacial score (nSPS) is 15.0. The van der Waals surface area contributed by atoms with Gasteiger partial charge >= 0.3 is 5.91 Å². The molecule has 34 heavy (non-hydrogen) atoms. The number of quaternary nitrogens is 1. The van der Waals surface area contributed by atoms with Crippen LogP contribution in [0.4, 0.5) is 0 Å². The molecule has 1 atom stereocenters. The second-order valence-corrected chi connectivity index (χ2v) is 8.35. The molecule has 0 aromatic heterocycles. The number of nitrogens with zero attached hydrogens (tertiary/aromatic N) is 2. The number of benzene rings is 2. The van der Waals surface area contributed by atoms with E-state index in [2.05, 4.69) is 40.4 Å². The van der Waals surface area contributed by atoms with Gasteiger partial charge in [0.25, 0.3) is 5.91 Å². The van der Waals surface area contributed by atoms with Gasteiger partial charge in [0.1, 0.15) is 5.75 Å². The summed E-state index contributed by atoms with van der Waals surface area (Å²) in [7, 11) is 0. The Hall–Kier alpha value is -3.69. The number of carbonyl (C=O) groups excluding carboxylic acids is 2. The Labute approximate surface area is 198 Å². The SMILES string of the molecule is CCc1ccc(C(NC(=O)/C([NH3+])=C/N(N)CCNC(=O)c2cccc3c2OCC3)C2=NC2)cc1. The second-order valence-electron chi connectivity index (χ2n) is 8.35. The van der Waals surface area contributed by atoms with Gasteiger partial charge in [-0.2, -0.15) is 0 Å². The van der Waals surface area contributed by atoms with Gasteiger partial charge in [0.15, 0.2) is 0 Å². The maximum atomic E-state index is 12.7. The summed E-state index contributed by atoms with van der Waals surface area (Å²) in [6.45, 7) is 3.95. The molecule has 0 fully saturated rings. The van der Waals surface area contributed by atoms with Gasteiger partial charge in [0.05, 0.1) is 43.2 Å². The highest BCUT2D eigenvalue weighted by atomic mass is 16.5. The lowest BCUT2D eigenvalue weighted by molar-refractivity contribution is -0.300. The highest BCUT2D eigenvalue weighted by Gasteiger charge is 2.28. The van der Waals surface area contributed by atoms with Gasteiger partial charge < -0.3 is 26.1 Å². The first-order valence-electron chi connectivity index (χ1n) is 11.5. The van der Waals surface area contributed by atoms with Gasteiger partial charge in [-0.25, -0.2) is 5.84 Å². The van der Waals surface area contributed by atoms with Crippen molar-refractivity contribution >= 4 is 17.5 Å². The van der Waals surface area contributed by atoms with Crippen molar-refractivity contribution in [3.63, 3.8) is 0 Å². The Balaban J connectivity index is 1.29. The summed E-state index contributed by atoms with van der Waals surface area (Å²) in [5.41, 5.74) is 8.79. The third kappa shape index (κ3) is 5.62. The first-order chi connectivity index (χ1) is 16.5. The van der Waals surface area contributed by atoms with E-state index >= 15 is 0 Å². The molecule has 0 bridgehead atoms. The van der Waals surface area contributed by atoms with Crippen LogP contribution in [0.5, 0.6) is 5.75 Å². The van der Waals surface area contributed by atoms with Crippen molar-refractivity contribution in [2.24, 2.45) is 10.8 Å². The van der Waals surface area contributed by atoms with Crippen LogP contribution in [-0.2, 0) is 17.6 Å². The number of aryl methyl sites for hydroxylation is 1. The minimum atomic E-state index is -0.323. The lowest BCUT2D eigenvalue weighted by Gasteiger charge is -2.17. The number of nitrogens with two attached hydrogens (primary N) is 1. The summed E-state index contributed by atoms with van der Waals surface area (Å²) in [4.78, 5) is 29.5. The zero-order valence-electron chi connectivity index (χ0n) is 19.3. The smallest absolute Gasteiger partial charge is 0.307 e. The Morgan fingerprint density at radius 1 is 1.26 bits per heavy atom. The van der Waals surface area contributed by atoms with Crippen molar-refractivity contribution in [3.05, 3.63) is 76.6 Å². The summed E-state index contributed by atoms with van der Waals surface area (Å²) in [5.74, 6) is 6.12. The molecular weight excluding hydrogens is 432 g/mol. The molecule has 0 radical (unpaired) electrons. The first kappa shape index (κ1) is 23.5. The number of para-hydroxylation sites is 1. The van der Waals surface area contributed by atoms with E-state index in [9.17, 15) is 9.59 Å². The molecule has 2 aliphatic heterocycles. The minimum absolute atomic E-state index is 0.217. The molecule has 0 aliphatic carbocycles. The van der Waals surface area contributed by atoms with Crippen molar-refractivity contribution in [1.29, 1.82) is 0 Å². The topological polar surface area (TPSA) is 137 Å². The van der Waals surface area contributed by atoms with E-state index in [-0.39, 0.29) is 23.6 Å². The summed E-state index contributed by atoms with van der Waals surface area (Å²) in [5, 5.41) is 7.17. The van der Waals surface area contributed by atoms with Crippen LogP contribution in [0.25, 0.3) is 0 Å². The number of aliphatic imine (C=N–C) groups is 1. The number of amides is 2. The third-order valence-corrected chi connectivity index (χ3v) is 5.90. The minimum Gasteiger partial charge on any atom is -0.492 e. The Kier molecular flexibility index (Phi) is 7.24. The van der Waals surface area contributed by atoms with Crippen LogP contribution >= 0.6 is 0 Å². The number of carbonyl (C=O) groups is 2. The van der Waals surface area contributed by atoms with Crippen LogP contribution in [0.3, 0.4) is 0 Å². The molecule has 0 saturated heterocycles. The number of ether oxygens (including phenoxy) is 1. The number of hydrogen-bond acceptors (Lipinski definition) is 6. The molecule has 2 heterocycles. The van der Waals surface area contributed by atoms with Crippen LogP contribution in [0, 0.1) is 0 Å². The van der Waals surface area contributed by atoms with Crippen LogP contribution in [0.15, 0.2) is 59.4 Å². The highest BCUT2D eigenvalue weighted by Crippen LogP contribution is 2.29. The molecule has 2 aromatic rings. The average molecular weight is 464 g/mol. The van der Waals surface area contributed by atoms with Crippen molar-refractivity contribution < 1.29 is 20.1 Å². The molecule has 2 aromatic carbocycles. The number of rotatable bonds is 10. The lowest BCUT2D eigenvalue weighted by atomic mass is 10.0. The van der Waals surface area contributed by atoms with E-state index in [0.717, 1.165) is 29.7 Å². The van der Waals surface area contributed by atoms with Crippen molar-refractivity contribution in [1.82, 2.24) is 15.6 Å². The fourth-order valence-corrected chi connectivity index (χ4v) is 3.87. The molecule has 0 spiro atoms. The average Bonchev–Trinajstić information content (AvgIpc) is 3.57. The van der Waals surface area contributed by atoms with Gasteiger partial charge in [-0.15, -0.1) is 0 Å². The molecule has 9 nitrogen and oxygen atoms in total. The molecule has 1 unspecified atom stereocenters. The van der Waals surface area contributed by atoms with Crippen LogP contribution in [0.1, 0.15) is 40.0 Å². The van der Waals surface area contributed by atoms with Crippen molar-refractivity contribution in [3.8, 4) is 5.75 Å². The maximum Gasteiger partial charge on any atom is 0.307 e. The monoisotopic (exact) mass is 463 g/mol. The predicted octanol–water partition coefficient (Wildman–Crippen LogP) is 0.485. The molecular formula is C25H31N6O3+. The van der Waals surface area contributed by atoms with Gasteiger partial charge in [-0.3, -0.25) is 14.6 Å². The summed E-state index contributed by atoms with van der Waals surface area (Å²) < 4.78 is 5.59. The van der Waals surface area contributed by atoms with Crippen LogP contribution in [0.2, 0.25) is 0 Å².